The molecule has 1 aromatic carbocycles. The summed E-state index contributed by atoms with van der Waals surface area (Å²) in [5.41, 5.74) is 1.25. The van der Waals surface area contributed by atoms with E-state index in [0.29, 0.717) is 5.02 Å². The Morgan fingerprint density at radius 3 is 2.61 bits per heavy atom. The van der Waals surface area contributed by atoms with Crippen LogP contribution >= 0.6 is 27.5 Å². The lowest BCUT2D eigenvalue weighted by molar-refractivity contribution is 0.813. The van der Waals surface area contributed by atoms with Crippen LogP contribution in [0.4, 0.5) is 5.82 Å². The molecule has 4 heteroatoms. The number of rotatable bonds is 4. The summed E-state index contributed by atoms with van der Waals surface area (Å²) >= 11 is 9.60. The fourth-order valence-corrected chi connectivity index (χ4v) is 2.53. The minimum Gasteiger partial charge on any atom is -0.351 e. The third-order valence-electron chi connectivity index (χ3n) is 2.69. The standard InChI is InChI=1S/C14H14BrClN2/c1-2-18(10-11-6-4-3-5-7-11)14-13(16)8-12(15)9-17-14/h3-9H,2,10H2,1H3. The number of aromatic nitrogens is 1. The van der Waals surface area contributed by atoms with Crippen LogP contribution in [0.1, 0.15) is 12.5 Å². The van der Waals surface area contributed by atoms with Crippen molar-refractivity contribution in [1.29, 1.82) is 0 Å². The molecule has 0 amide bonds. The lowest BCUT2D eigenvalue weighted by Crippen LogP contribution is -2.23. The average Bonchev–Trinajstić information content (AvgIpc) is 2.38. The van der Waals surface area contributed by atoms with Crippen molar-refractivity contribution < 1.29 is 0 Å². The first-order valence-corrected chi connectivity index (χ1v) is 6.97. The van der Waals surface area contributed by atoms with Crippen LogP contribution in [0, 0.1) is 0 Å². The predicted molar refractivity (Wildman–Crippen MR) is 80.1 cm³/mol. The van der Waals surface area contributed by atoms with Crippen LogP contribution < -0.4 is 4.90 Å². The van der Waals surface area contributed by atoms with E-state index in [1.807, 2.05) is 24.3 Å². The van der Waals surface area contributed by atoms with Crippen LogP contribution in [0.25, 0.3) is 0 Å². The molecule has 18 heavy (non-hydrogen) atoms. The van der Waals surface area contributed by atoms with Gasteiger partial charge in [0.1, 0.15) is 5.82 Å². The molecule has 0 radical (unpaired) electrons. The molecular weight excluding hydrogens is 312 g/mol. The Kier molecular flexibility index (Phi) is 4.61. The lowest BCUT2D eigenvalue weighted by Gasteiger charge is -2.23. The number of anilines is 1. The van der Waals surface area contributed by atoms with E-state index in [4.69, 9.17) is 11.6 Å². The number of hydrogen-bond acceptors (Lipinski definition) is 2. The van der Waals surface area contributed by atoms with Gasteiger partial charge in [-0.3, -0.25) is 0 Å². The monoisotopic (exact) mass is 324 g/mol. The van der Waals surface area contributed by atoms with Gasteiger partial charge >= 0.3 is 0 Å². The topological polar surface area (TPSA) is 16.1 Å². The number of hydrogen-bond donors (Lipinski definition) is 0. The highest BCUT2D eigenvalue weighted by Crippen LogP contribution is 2.27. The molecule has 0 bridgehead atoms. The quantitative estimate of drug-likeness (QED) is 0.821. The van der Waals surface area contributed by atoms with E-state index in [-0.39, 0.29) is 0 Å². The third kappa shape index (κ3) is 3.24. The van der Waals surface area contributed by atoms with E-state index in [1.165, 1.54) is 5.56 Å². The molecule has 0 saturated carbocycles. The molecule has 94 valence electrons. The summed E-state index contributed by atoms with van der Waals surface area (Å²) in [6.45, 7) is 3.78. The first kappa shape index (κ1) is 13.4. The van der Waals surface area contributed by atoms with Crippen molar-refractivity contribution in [3.05, 3.63) is 57.7 Å². The zero-order chi connectivity index (χ0) is 13.0. The fraction of sp³-hybridized carbons (Fsp3) is 0.214. The van der Waals surface area contributed by atoms with Crippen molar-refractivity contribution in [3.63, 3.8) is 0 Å². The average molecular weight is 326 g/mol. The number of pyridine rings is 1. The van der Waals surface area contributed by atoms with Gasteiger partial charge in [0.15, 0.2) is 0 Å². The van der Waals surface area contributed by atoms with Gasteiger partial charge < -0.3 is 4.90 Å². The highest BCUT2D eigenvalue weighted by molar-refractivity contribution is 9.10. The second-order valence-corrected chi connectivity index (χ2v) is 5.28. The summed E-state index contributed by atoms with van der Waals surface area (Å²) in [6.07, 6.45) is 1.77. The van der Waals surface area contributed by atoms with Gasteiger partial charge in [-0.05, 0) is 34.5 Å². The Hall–Kier alpha value is -1.06. The second kappa shape index (κ2) is 6.21. The van der Waals surface area contributed by atoms with Crippen LogP contribution in [-0.2, 0) is 6.54 Å². The van der Waals surface area contributed by atoms with Gasteiger partial charge in [-0.15, -0.1) is 0 Å². The molecule has 2 rings (SSSR count). The van der Waals surface area contributed by atoms with E-state index >= 15 is 0 Å². The molecule has 0 N–H and O–H groups in total. The minimum absolute atomic E-state index is 0.669. The van der Waals surface area contributed by atoms with Gasteiger partial charge in [-0.1, -0.05) is 41.9 Å². The highest BCUT2D eigenvalue weighted by atomic mass is 79.9. The van der Waals surface area contributed by atoms with Crippen molar-refractivity contribution in [2.24, 2.45) is 0 Å². The summed E-state index contributed by atoms with van der Waals surface area (Å²) in [6, 6.07) is 12.2. The Morgan fingerprint density at radius 2 is 2.00 bits per heavy atom. The zero-order valence-corrected chi connectivity index (χ0v) is 12.4. The molecule has 0 aliphatic heterocycles. The van der Waals surface area contributed by atoms with Crippen molar-refractivity contribution >= 4 is 33.3 Å². The lowest BCUT2D eigenvalue weighted by atomic mass is 10.2. The van der Waals surface area contributed by atoms with E-state index < -0.39 is 0 Å². The zero-order valence-electron chi connectivity index (χ0n) is 10.1. The van der Waals surface area contributed by atoms with E-state index in [1.54, 1.807) is 6.20 Å². The Bertz CT molecular complexity index is 516. The summed E-state index contributed by atoms with van der Waals surface area (Å²) in [5, 5.41) is 0.669. The Morgan fingerprint density at radius 1 is 1.28 bits per heavy atom. The normalized spacial score (nSPS) is 10.4. The largest absolute Gasteiger partial charge is 0.351 e. The fourth-order valence-electron chi connectivity index (χ4n) is 1.78. The first-order valence-electron chi connectivity index (χ1n) is 5.80. The summed E-state index contributed by atoms with van der Waals surface area (Å²) in [7, 11) is 0. The number of nitrogens with zero attached hydrogens (tertiary/aromatic N) is 2. The smallest absolute Gasteiger partial charge is 0.147 e. The van der Waals surface area contributed by atoms with E-state index in [9.17, 15) is 0 Å². The molecule has 0 aliphatic carbocycles. The van der Waals surface area contributed by atoms with Gasteiger partial charge in [0.25, 0.3) is 0 Å². The first-order chi connectivity index (χ1) is 8.70. The molecule has 1 heterocycles. The summed E-state index contributed by atoms with van der Waals surface area (Å²) in [5.74, 6) is 0.825. The van der Waals surface area contributed by atoms with Crippen LogP contribution in [-0.4, -0.2) is 11.5 Å². The Labute approximate surface area is 121 Å². The molecule has 2 aromatic rings. The van der Waals surface area contributed by atoms with Gasteiger partial charge in [0.05, 0.1) is 5.02 Å². The van der Waals surface area contributed by atoms with Crippen molar-refractivity contribution in [1.82, 2.24) is 4.98 Å². The molecule has 1 aromatic heterocycles. The van der Waals surface area contributed by atoms with Crippen molar-refractivity contribution in [2.45, 2.75) is 13.5 Å². The molecule has 0 unspecified atom stereocenters. The van der Waals surface area contributed by atoms with Gasteiger partial charge in [0.2, 0.25) is 0 Å². The van der Waals surface area contributed by atoms with Crippen LogP contribution in [0.2, 0.25) is 5.02 Å². The predicted octanol–water partition coefficient (Wildman–Crippen LogP) is 4.52. The molecule has 0 spiro atoms. The van der Waals surface area contributed by atoms with Crippen molar-refractivity contribution in [2.75, 3.05) is 11.4 Å². The third-order valence-corrected chi connectivity index (χ3v) is 3.40. The van der Waals surface area contributed by atoms with Gasteiger partial charge in [-0.2, -0.15) is 0 Å². The summed E-state index contributed by atoms with van der Waals surface area (Å²) in [4.78, 5) is 6.55. The molecule has 2 nitrogen and oxygen atoms in total. The Balaban J connectivity index is 2.23. The molecular formula is C14H14BrClN2. The maximum atomic E-state index is 6.24. The minimum atomic E-state index is 0.669. The number of halogens is 2. The molecule has 0 atom stereocenters. The maximum absolute atomic E-state index is 6.24. The van der Waals surface area contributed by atoms with Crippen molar-refractivity contribution in [3.8, 4) is 0 Å². The van der Waals surface area contributed by atoms with Gasteiger partial charge in [0, 0.05) is 23.8 Å². The molecule has 0 aliphatic rings. The highest BCUT2D eigenvalue weighted by Gasteiger charge is 2.11. The number of benzene rings is 1. The second-order valence-electron chi connectivity index (χ2n) is 3.96. The van der Waals surface area contributed by atoms with E-state index in [2.05, 4.69) is 44.9 Å². The SMILES string of the molecule is CCN(Cc1ccccc1)c1ncc(Br)cc1Cl. The maximum Gasteiger partial charge on any atom is 0.147 e. The van der Waals surface area contributed by atoms with Crippen LogP contribution in [0.3, 0.4) is 0 Å². The summed E-state index contributed by atoms with van der Waals surface area (Å²) < 4.78 is 0.895. The van der Waals surface area contributed by atoms with Crippen LogP contribution in [0.5, 0.6) is 0 Å². The van der Waals surface area contributed by atoms with Crippen LogP contribution in [0.15, 0.2) is 47.1 Å². The molecule has 0 fully saturated rings. The van der Waals surface area contributed by atoms with Gasteiger partial charge in [-0.25, -0.2) is 4.98 Å². The molecule has 0 saturated heterocycles. The van der Waals surface area contributed by atoms with E-state index in [0.717, 1.165) is 23.4 Å².